The van der Waals surface area contributed by atoms with E-state index >= 15 is 0 Å². The summed E-state index contributed by atoms with van der Waals surface area (Å²) in [6, 6.07) is 11.8. The number of ether oxygens (including phenoxy) is 3. The zero-order chi connectivity index (χ0) is 19.4. The highest BCUT2D eigenvalue weighted by Gasteiger charge is 2.25. The average Bonchev–Trinajstić information content (AvgIpc) is 3.02. The third kappa shape index (κ3) is 4.46. The van der Waals surface area contributed by atoms with Crippen molar-refractivity contribution in [3.05, 3.63) is 59.3 Å². The van der Waals surface area contributed by atoms with Crippen LogP contribution in [0.3, 0.4) is 0 Å². The Kier molecular flexibility index (Phi) is 5.75. The lowest BCUT2D eigenvalue weighted by Gasteiger charge is -2.10. The van der Waals surface area contributed by atoms with Gasteiger partial charge in [0.05, 0.1) is 7.11 Å². The Balaban J connectivity index is 1.87. The third-order valence-corrected chi connectivity index (χ3v) is 4.41. The molecule has 0 saturated heterocycles. The first-order valence-corrected chi connectivity index (χ1v) is 9.02. The Morgan fingerprint density at radius 3 is 2.52 bits per heavy atom. The fraction of sp³-hybridized carbons (Fsp3) is 0.158. The van der Waals surface area contributed by atoms with E-state index < -0.39 is 12.6 Å². The van der Waals surface area contributed by atoms with Crippen LogP contribution in [0, 0.1) is 0 Å². The first kappa shape index (κ1) is 18.9. The second kappa shape index (κ2) is 8.22. The van der Waals surface area contributed by atoms with Gasteiger partial charge in [-0.05, 0) is 48.2 Å². The second-order valence-electron chi connectivity index (χ2n) is 5.35. The zero-order valence-electron chi connectivity index (χ0n) is 14.4. The van der Waals surface area contributed by atoms with Gasteiger partial charge in [-0.15, -0.1) is 11.8 Å². The number of thioether (sulfide) groups is 1. The summed E-state index contributed by atoms with van der Waals surface area (Å²) >= 11 is 1.62. The number of alkyl halides is 2. The maximum absolute atomic E-state index is 12.4. The van der Waals surface area contributed by atoms with Crippen molar-refractivity contribution in [1.82, 2.24) is 0 Å². The standard InChI is InChI=1S/C19H15F2NO4S/c1-24-16-10-12(5-8-15(16)25-19(20)21)17-22-14(18(23)26-17)9-11-3-6-13(27-2)7-4-11/h3-10,19H,1-2H3/b14-9-. The maximum atomic E-state index is 12.4. The summed E-state index contributed by atoms with van der Waals surface area (Å²) in [5.74, 6) is -0.567. The Bertz CT molecular complexity index is 910. The van der Waals surface area contributed by atoms with Gasteiger partial charge in [-0.3, -0.25) is 0 Å². The highest BCUT2D eigenvalue weighted by atomic mass is 32.2. The molecule has 0 saturated carbocycles. The molecule has 0 aliphatic carbocycles. The molecule has 0 fully saturated rings. The molecule has 5 nitrogen and oxygen atoms in total. The molecule has 0 aromatic heterocycles. The monoisotopic (exact) mass is 391 g/mol. The molecule has 1 aliphatic rings. The van der Waals surface area contributed by atoms with Crippen LogP contribution in [-0.4, -0.2) is 31.8 Å². The smallest absolute Gasteiger partial charge is 0.387 e. The van der Waals surface area contributed by atoms with Crippen molar-refractivity contribution >= 4 is 29.7 Å². The third-order valence-electron chi connectivity index (χ3n) is 3.67. The van der Waals surface area contributed by atoms with E-state index in [1.807, 2.05) is 30.5 Å². The molecule has 0 N–H and O–H groups in total. The summed E-state index contributed by atoms with van der Waals surface area (Å²) in [5.41, 5.74) is 1.36. The predicted octanol–water partition coefficient (Wildman–Crippen LogP) is 4.36. The molecule has 2 aromatic rings. The van der Waals surface area contributed by atoms with Gasteiger partial charge in [-0.1, -0.05) is 12.1 Å². The van der Waals surface area contributed by atoms with E-state index in [1.54, 1.807) is 17.8 Å². The van der Waals surface area contributed by atoms with Gasteiger partial charge in [-0.2, -0.15) is 8.78 Å². The van der Waals surface area contributed by atoms with Gasteiger partial charge in [0, 0.05) is 10.5 Å². The first-order valence-electron chi connectivity index (χ1n) is 7.80. The number of benzene rings is 2. The first-order chi connectivity index (χ1) is 13.0. The lowest BCUT2D eigenvalue weighted by atomic mass is 10.2. The van der Waals surface area contributed by atoms with Crippen molar-refractivity contribution in [2.45, 2.75) is 11.5 Å². The summed E-state index contributed by atoms with van der Waals surface area (Å²) < 4.78 is 39.4. The van der Waals surface area contributed by atoms with Crippen LogP contribution in [0.15, 0.2) is 58.0 Å². The number of hydrogen-bond donors (Lipinski definition) is 0. The number of methoxy groups -OCH3 is 1. The largest absolute Gasteiger partial charge is 0.493 e. The molecule has 0 amide bonds. The van der Waals surface area contributed by atoms with Crippen LogP contribution in [-0.2, 0) is 9.53 Å². The topological polar surface area (TPSA) is 57.1 Å². The molecule has 0 unspecified atom stereocenters. The van der Waals surface area contributed by atoms with Gasteiger partial charge < -0.3 is 14.2 Å². The molecule has 0 radical (unpaired) electrons. The Morgan fingerprint density at radius 1 is 1.15 bits per heavy atom. The van der Waals surface area contributed by atoms with Crippen LogP contribution in [0.2, 0.25) is 0 Å². The Hall–Kier alpha value is -2.87. The molecule has 27 heavy (non-hydrogen) atoms. The molecule has 1 aliphatic heterocycles. The molecule has 0 bridgehead atoms. The number of carbonyl (C=O) groups excluding carboxylic acids is 1. The molecular weight excluding hydrogens is 376 g/mol. The van der Waals surface area contributed by atoms with Crippen LogP contribution in [0.4, 0.5) is 8.78 Å². The van der Waals surface area contributed by atoms with E-state index in [4.69, 9.17) is 9.47 Å². The van der Waals surface area contributed by atoms with E-state index in [2.05, 4.69) is 9.73 Å². The van der Waals surface area contributed by atoms with E-state index in [1.165, 1.54) is 25.3 Å². The SMILES string of the molecule is COc1cc(C2=N/C(=C\c3ccc(SC)cc3)C(=O)O2)ccc1OC(F)F. The normalized spacial score (nSPS) is 15.1. The molecule has 2 aromatic carbocycles. The van der Waals surface area contributed by atoms with Gasteiger partial charge in [0.2, 0.25) is 5.90 Å². The minimum Gasteiger partial charge on any atom is -0.493 e. The number of cyclic esters (lactones) is 1. The van der Waals surface area contributed by atoms with Crippen LogP contribution >= 0.6 is 11.8 Å². The maximum Gasteiger partial charge on any atom is 0.387 e. The van der Waals surface area contributed by atoms with E-state index in [9.17, 15) is 13.6 Å². The van der Waals surface area contributed by atoms with Crippen molar-refractivity contribution in [2.24, 2.45) is 4.99 Å². The van der Waals surface area contributed by atoms with E-state index in [-0.39, 0.29) is 23.1 Å². The average molecular weight is 391 g/mol. The lowest BCUT2D eigenvalue weighted by Crippen LogP contribution is -2.07. The Morgan fingerprint density at radius 2 is 1.89 bits per heavy atom. The molecule has 3 rings (SSSR count). The molecule has 8 heteroatoms. The number of nitrogens with zero attached hydrogens (tertiary/aromatic N) is 1. The zero-order valence-corrected chi connectivity index (χ0v) is 15.3. The Labute approximate surface area is 158 Å². The van der Waals surface area contributed by atoms with Crippen molar-refractivity contribution in [3.8, 4) is 11.5 Å². The predicted molar refractivity (Wildman–Crippen MR) is 98.5 cm³/mol. The number of carbonyl (C=O) groups is 1. The van der Waals surface area contributed by atoms with Crippen LogP contribution in [0.25, 0.3) is 6.08 Å². The quantitative estimate of drug-likeness (QED) is 0.416. The van der Waals surface area contributed by atoms with Gasteiger partial charge >= 0.3 is 12.6 Å². The highest BCUT2D eigenvalue weighted by molar-refractivity contribution is 7.98. The van der Waals surface area contributed by atoms with Crippen molar-refractivity contribution in [3.63, 3.8) is 0 Å². The molecule has 0 atom stereocenters. The van der Waals surface area contributed by atoms with Gasteiger partial charge in [-0.25, -0.2) is 9.79 Å². The minimum atomic E-state index is -2.97. The van der Waals surface area contributed by atoms with E-state index in [0.29, 0.717) is 5.56 Å². The molecule has 140 valence electrons. The number of esters is 1. The molecule has 1 heterocycles. The van der Waals surface area contributed by atoms with E-state index in [0.717, 1.165) is 10.5 Å². The number of halogens is 2. The summed E-state index contributed by atoms with van der Waals surface area (Å²) in [7, 11) is 1.32. The molecule has 0 spiro atoms. The number of aliphatic imine (C=N–C) groups is 1. The lowest BCUT2D eigenvalue weighted by molar-refractivity contribution is -0.129. The summed E-state index contributed by atoms with van der Waals surface area (Å²) in [6.45, 7) is -2.97. The van der Waals surface area contributed by atoms with Crippen molar-refractivity contribution in [2.75, 3.05) is 13.4 Å². The minimum absolute atomic E-state index is 0.0638. The summed E-state index contributed by atoms with van der Waals surface area (Å²) in [5, 5.41) is 0. The van der Waals surface area contributed by atoms with Gasteiger partial charge in [0.1, 0.15) is 0 Å². The summed E-state index contributed by atoms with van der Waals surface area (Å²) in [6.07, 6.45) is 3.59. The number of hydrogen-bond acceptors (Lipinski definition) is 6. The van der Waals surface area contributed by atoms with Gasteiger partial charge in [0.25, 0.3) is 0 Å². The van der Waals surface area contributed by atoms with Crippen molar-refractivity contribution in [1.29, 1.82) is 0 Å². The van der Waals surface area contributed by atoms with Crippen LogP contribution < -0.4 is 9.47 Å². The second-order valence-corrected chi connectivity index (χ2v) is 6.23. The fourth-order valence-corrected chi connectivity index (χ4v) is 2.79. The van der Waals surface area contributed by atoms with Crippen LogP contribution in [0.1, 0.15) is 11.1 Å². The highest BCUT2D eigenvalue weighted by Crippen LogP contribution is 2.31. The number of rotatable bonds is 6. The summed E-state index contributed by atoms with van der Waals surface area (Å²) in [4.78, 5) is 17.4. The molecular formula is C19H15F2NO4S. The van der Waals surface area contributed by atoms with Gasteiger partial charge in [0.15, 0.2) is 17.2 Å². The van der Waals surface area contributed by atoms with Crippen LogP contribution in [0.5, 0.6) is 11.5 Å². The fourth-order valence-electron chi connectivity index (χ4n) is 2.38. The van der Waals surface area contributed by atoms with Crippen molar-refractivity contribution < 1.29 is 27.8 Å².